The van der Waals surface area contributed by atoms with Gasteiger partial charge in [0.15, 0.2) is 5.11 Å². The maximum Gasteiger partial charge on any atom is 0.229 e. The van der Waals surface area contributed by atoms with Gasteiger partial charge in [0.2, 0.25) is 10.0 Å². The van der Waals surface area contributed by atoms with Crippen molar-refractivity contribution in [2.45, 2.75) is 32.9 Å². The topological polar surface area (TPSA) is 90.1 Å². The van der Waals surface area contributed by atoms with Crippen molar-refractivity contribution in [3.63, 3.8) is 0 Å². The van der Waals surface area contributed by atoms with E-state index in [1.807, 2.05) is 37.3 Å². The van der Waals surface area contributed by atoms with Crippen molar-refractivity contribution in [2.24, 2.45) is 0 Å². The summed E-state index contributed by atoms with van der Waals surface area (Å²) in [7, 11) is -3.36. The molecule has 3 aromatic rings. The summed E-state index contributed by atoms with van der Waals surface area (Å²) < 4.78 is 27.1. The zero-order valence-electron chi connectivity index (χ0n) is 18.1. The highest BCUT2D eigenvalue weighted by atomic mass is 127. The molecule has 1 saturated heterocycles. The second-order valence-electron chi connectivity index (χ2n) is 7.97. The number of aromatic amines is 1. The highest BCUT2D eigenvalue weighted by molar-refractivity contribution is 14.1. The molecule has 168 valence electrons. The monoisotopic (exact) mass is 581 g/mol. The van der Waals surface area contributed by atoms with Crippen molar-refractivity contribution in [1.82, 2.24) is 15.3 Å². The molecule has 4 rings (SSSR count). The van der Waals surface area contributed by atoms with Crippen molar-refractivity contribution in [1.29, 1.82) is 0 Å². The van der Waals surface area contributed by atoms with Crippen LogP contribution in [0, 0.1) is 24.3 Å². The lowest BCUT2D eigenvalue weighted by Crippen LogP contribution is -2.30. The second kappa shape index (κ2) is 8.64. The number of halogens is 1. The first-order chi connectivity index (χ1) is 15.1. The molecule has 10 heteroatoms. The minimum absolute atomic E-state index is 0.123. The number of sulfonamides is 1. The Balaban J connectivity index is 1.84. The predicted octanol–water partition coefficient (Wildman–Crippen LogP) is 4.49. The summed E-state index contributed by atoms with van der Waals surface area (Å²) in [4.78, 5) is 10.2. The first-order valence-corrected chi connectivity index (χ1v) is 13.4. The van der Waals surface area contributed by atoms with Crippen LogP contribution in [-0.4, -0.2) is 29.8 Å². The van der Waals surface area contributed by atoms with Gasteiger partial charge in [-0.2, -0.15) is 0 Å². The molecule has 7 nitrogen and oxygen atoms in total. The van der Waals surface area contributed by atoms with Gasteiger partial charge in [-0.15, -0.1) is 0 Å². The lowest BCUT2D eigenvalue weighted by molar-refractivity contribution is 0.564. The largest absolute Gasteiger partial charge is 0.362 e. The van der Waals surface area contributed by atoms with Gasteiger partial charge >= 0.3 is 0 Å². The molecular weight excluding hydrogens is 557 g/mol. The number of rotatable bonds is 5. The highest BCUT2D eigenvalue weighted by Gasteiger charge is 2.43. The summed E-state index contributed by atoms with van der Waals surface area (Å²) in [5.74, 6) is 0. The predicted molar refractivity (Wildman–Crippen MR) is 141 cm³/mol. The van der Waals surface area contributed by atoms with Crippen LogP contribution in [0.1, 0.15) is 40.3 Å². The Hall–Kier alpha value is -2.18. The SMILES string of the molecule is Cc1cc(N2C(=S)N[C@H](c3ccccn3)[C@@H]2c2c(C)[nH]c(C)c2I)ccc1NS(C)(=O)=O. The summed E-state index contributed by atoms with van der Waals surface area (Å²) in [6.45, 7) is 6.02. The quantitative estimate of drug-likeness (QED) is 0.304. The summed E-state index contributed by atoms with van der Waals surface area (Å²) in [6, 6.07) is 11.2. The number of pyridine rings is 1. The molecular formula is C22H24IN5O2S2. The molecule has 2 atom stereocenters. The Labute approximate surface area is 207 Å². The molecule has 2 aromatic heterocycles. The maximum absolute atomic E-state index is 11.7. The number of benzene rings is 1. The molecule has 1 aliphatic heterocycles. The summed E-state index contributed by atoms with van der Waals surface area (Å²) in [5, 5.41) is 4.07. The molecule has 0 spiro atoms. The van der Waals surface area contributed by atoms with E-state index in [1.165, 1.54) is 5.56 Å². The minimum atomic E-state index is -3.36. The van der Waals surface area contributed by atoms with Gasteiger partial charge in [-0.05, 0) is 91.5 Å². The molecule has 1 fully saturated rings. The molecule has 0 aliphatic carbocycles. The number of nitrogens with zero attached hydrogens (tertiary/aromatic N) is 2. The normalized spacial score (nSPS) is 18.7. The Morgan fingerprint density at radius 2 is 1.91 bits per heavy atom. The minimum Gasteiger partial charge on any atom is -0.362 e. The standard InChI is InChI=1S/C22H24IN5O2S2/c1-12-11-15(8-9-16(12)27-32(4,29)30)28-21(18-13(2)25-14(3)19(18)23)20(26-22(28)31)17-7-5-6-10-24-17/h5-11,20-21,25,27H,1-4H3,(H,26,31)/t20-,21+/m1/s1. The van der Waals surface area contributed by atoms with E-state index in [1.54, 1.807) is 12.3 Å². The molecule has 1 aromatic carbocycles. The number of aromatic nitrogens is 2. The third kappa shape index (κ3) is 4.35. The van der Waals surface area contributed by atoms with Crippen LogP contribution < -0.4 is 14.9 Å². The van der Waals surface area contributed by atoms with E-state index in [4.69, 9.17) is 12.2 Å². The summed E-state index contributed by atoms with van der Waals surface area (Å²) in [5.41, 5.74) is 6.52. The Kier molecular flexibility index (Phi) is 6.21. The first-order valence-electron chi connectivity index (χ1n) is 10.0. The number of hydrogen-bond acceptors (Lipinski definition) is 4. The van der Waals surface area contributed by atoms with Gasteiger partial charge in [-0.3, -0.25) is 9.71 Å². The van der Waals surface area contributed by atoms with Crippen molar-refractivity contribution < 1.29 is 8.42 Å². The van der Waals surface area contributed by atoms with Gasteiger partial charge in [0.1, 0.15) is 0 Å². The molecule has 0 amide bonds. The van der Waals surface area contributed by atoms with Gasteiger partial charge in [-0.1, -0.05) is 6.07 Å². The lowest BCUT2D eigenvalue weighted by Gasteiger charge is -2.29. The van der Waals surface area contributed by atoms with E-state index in [-0.39, 0.29) is 12.1 Å². The number of hydrogen-bond donors (Lipinski definition) is 3. The van der Waals surface area contributed by atoms with Crippen LogP contribution in [0.25, 0.3) is 0 Å². The van der Waals surface area contributed by atoms with Gasteiger partial charge in [0, 0.05) is 32.4 Å². The number of aryl methyl sites for hydroxylation is 3. The molecule has 0 bridgehead atoms. The summed E-state index contributed by atoms with van der Waals surface area (Å²) in [6.07, 6.45) is 2.93. The van der Waals surface area contributed by atoms with E-state index in [2.05, 4.69) is 61.3 Å². The lowest BCUT2D eigenvalue weighted by atomic mass is 9.96. The van der Waals surface area contributed by atoms with Crippen molar-refractivity contribution in [3.8, 4) is 0 Å². The Bertz CT molecular complexity index is 1290. The fraction of sp³-hybridized carbons (Fsp3) is 0.273. The molecule has 0 radical (unpaired) electrons. The van der Waals surface area contributed by atoms with Gasteiger partial charge in [0.05, 0.1) is 29.7 Å². The molecule has 0 unspecified atom stereocenters. The van der Waals surface area contributed by atoms with Gasteiger partial charge < -0.3 is 15.2 Å². The van der Waals surface area contributed by atoms with Crippen molar-refractivity contribution in [3.05, 3.63) is 74.4 Å². The van der Waals surface area contributed by atoms with E-state index < -0.39 is 10.0 Å². The first kappa shape index (κ1) is 23.0. The van der Waals surface area contributed by atoms with Crippen LogP contribution >= 0.6 is 34.8 Å². The van der Waals surface area contributed by atoms with Crippen LogP contribution in [0.4, 0.5) is 11.4 Å². The maximum atomic E-state index is 11.7. The van der Waals surface area contributed by atoms with Crippen LogP contribution in [0.15, 0.2) is 42.6 Å². The third-order valence-electron chi connectivity index (χ3n) is 5.52. The van der Waals surface area contributed by atoms with Gasteiger partial charge in [0.25, 0.3) is 0 Å². The number of anilines is 2. The average molecular weight is 582 g/mol. The van der Waals surface area contributed by atoms with E-state index in [9.17, 15) is 8.42 Å². The van der Waals surface area contributed by atoms with Crippen molar-refractivity contribution >= 4 is 61.3 Å². The van der Waals surface area contributed by atoms with Crippen LogP contribution in [0.2, 0.25) is 0 Å². The smallest absolute Gasteiger partial charge is 0.229 e. The van der Waals surface area contributed by atoms with E-state index >= 15 is 0 Å². The fourth-order valence-corrected chi connectivity index (χ4v) is 5.99. The molecule has 0 saturated carbocycles. The zero-order valence-corrected chi connectivity index (χ0v) is 21.9. The molecule has 1 aliphatic rings. The number of nitrogens with one attached hydrogen (secondary N) is 3. The molecule has 3 N–H and O–H groups in total. The van der Waals surface area contributed by atoms with E-state index in [0.29, 0.717) is 10.8 Å². The van der Waals surface area contributed by atoms with Crippen molar-refractivity contribution in [2.75, 3.05) is 15.9 Å². The Morgan fingerprint density at radius 1 is 1.16 bits per heavy atom. The van der Waals surface area contributed by atoms with Crippen LogP contribution in [0.5, 0.6) is 0 Å². The Morgan fingerprint density at radius 3 is 2.47 bits per heavy atom. The molecule has 32 heavy (non-hydrogen) atoms. The van der Waals surface area contributed by atoms with E-state index in [0.717, 1.165) is 38.2 Å². The van der Waals surface area contributed by atoms with Gasteiger partial charge in [-0.25, -0.2) is 8.42 Å². The third-order valence-corrected chi connectivity index (χ3v) is 7.82. The fourth-order valence-electron chi connectivity index (χ4n) is 4.16. The van der Waals surface area contributed by atoms with Crippen LogP contribution in [-0.2, 0) is 10.0 Å². The second-order valence-corrected chi connectivity index (χ2v) is 11.2. The number of thiocarbonyl (C=S) groups is 1. The number of H-pyrrole nitrogens is 1. The zero-order chi connectivity index (χ0) is 23.2. The molecule has 3 heterocycles. The van der Waals surface area contributed by atoms with Crippen LogP contribution in [0.3, 0.4) is 0 Å². The average Bonchev–Trinajstić information content (AvgIpc) is 3.18. The summed E-state index contributed by atoms with van der Waals surface area (Å²) >= 11 is 8.18. The highest BCUT2D eigenvalue weighted by Crippen LogP contribution is 2.45.